The standard InChI is InChI=1S/C14H20N2O4/c1-9-5-4-6-10(2)12(9)16-14(19)15-11(13(17)18)7-8-20-3/h4-6,11H,7-8H2,1-3H3,(H,17,18)(H2,15,16,19). The highest BCUT2D eigenvalue weighted by Crippen LogP contribution is 2.19. The zero-order valence-electron chi connectivity index (χ0n) is 11.9. The summed E-state index contributed by atoms with van der Waals surface area (Å²) in [6, 6.07) is 4.14. The van der Waals surface area contributed by atoms with Crippen LogP contribution in [-0.4, -0.2) is 36.9 Å². The molecule has 0 saturated carbocycles. The lowest BCUT2D eigenvalue weighted by Gasteiger charge is -2.16. The summed E-state index contributed by atoms with van der Waals surface area (Å²) in [5, 5.41) is 14.1. The highest BCUT2D eigenvalue weighted by molar-refractivity contribution is 5.93. The van der Waals surface area contributed by atoms with Gasteiger partial charge in [-0.25, -0.2) is 9.59 Å². The molecule has 6 nitrogen and oxygen atoms in total. The van der Waals surface area contributed by atoms with Crippen LogP contribution < -0.4 is 10.6 Å². The van der Waals surface area contributed by atoms with Crippen molar-refractivity contribution >= 4 is 17.7 Å². The van der Waals surface area contributed by atoms with Crippen LogP contribution in [0.2, 0.25) is 0 Å². The molecule has 3 N–H and O–H groups in total. The molecule has 0 spiro atoms. The van der Waals surface area contributed by atoms with Crippen LogP contribution in [0.5, 0.6) is 0 Å². The van der Waals surface area contributed by atoms with Crippen LogP contribution >= 0.6 is 0 Å². The van der Waals surface area contributed by atoms with Gasteiger partial charge in [0.2, 0.25) is 0 Å². The molecule has 1 aromatic rings. The van der Waals surface area contributed by atoms with E-state index in [1.54, 1.807) is 0 Å². The first-order valence-electron chi connectivity index (χ1n) is 6.31. The molecule has 1 unspecified atom stereocenters. The molecule has 6 heteroatoms. The zero-order valence-corrected chi connectivity index (χ0v) is 11.9. The summed E-state index contributed by atoms with van der Waals surface area (Å²) < 4.78 is 4.83. The normalized spacial score (nSPS) is 11.8. The molecule has 0 saturated heterocycles. The van der Waals surface area contributed by atoms with Gasteiger partial charge in [0.15, 0.2) is 0 Å². The van der Waals surface area contributed by atoms with E-state index in [1.807, 2.05) is 32.0 Å². The van der Waals surface area contributed by atoms with Gasteiger partial charge in [-0.05, 0) is 25.0 Å². The number of carbonyl (C=O) groups excluding carboxylic acids is 1. The number of rotatable bonds is 6. The van der Waals surface area contributed by atoms with E-state index in [0.717, 1.165) is 11.1 Å². The predicted octanol–water partition coefficient (Wildman–Crippen LogP) is 1.91. The predicted molar refractivity (Wildman–Crippen MR) is 76.0 cm³/mol. The minimum absolute atomic E-state index is 0.214. The molecule has 20 heavy (non-hydrogen) atoms. The number of carbonyl (C=O) groups is 2. The number of anilines is 1. The van der Waals surface area contributed by atoms with Crippen molar-refractivity contribution in [1.29, 1.82) is 0 Å². The second-order valence-corrected chi connectivity index (χ2v) is 4.54. The maximum absolute atomic E-state index is 11.9. The smallest absolute Gasteiger partial charge is 0.326 e. The fourth-order valence-electron chi connectivity index (χ4n) is 1.81. The van der Waals surface area contributed by atoms with Crippen molar-refractivity contribution in [2.24, 2.45) is 0 Å². The van der Waals surface area contributed by atoms with E-state index < -0.39 is 18.0 Å². The van der Waals surface area contributed by atoms with E-state index in [9.17, 15) is 9.59 Å². The summed E-state index contributed by atoms with van der Waals surface area (Å²) >= 11 is 0. The van der Waals surface area contributed by atoms with Gasteiger partial charge >= 0.3 is 12.0 Å². The van der Waals surface area contributed by atoms with E-state index >= 15 is 0 Å². The molecule has 1 atom stereocenters. The van der Waals surface area contributed by atoms with E-state index in [0.29, 0.717) is 5.69 Å². The third-order valence-electron chi connectivity index (χ3n) is 2.93. The van der Waals surface area contributed by atoms with Crippen molar-refractivity contribution in [3.63, 3.8) is 0 Å². The van der Waals surface area contributed by atoms with Crippen molar-refractivity contribution in [3.8, 4) is 0 Å². The highest BCUT2D eigenvalue weighted by atomic mass is 16.5. The minimum Gasteiger partial charge on any atom is -0.480 e. The molecular weight excluding hydrogens is 260 g/mol. The van der Waals surface area contributed by atoms with E-state index in [4.69, 9.17) is 9.84 Å². The largest absolute Gasteiger partial charge is 0.480 e. The first kappa shape index (κ1) is 16.0. The lowest BCUT2D eigenvalue weighted by atomic mass is 10.1. The molecule has 0 fully saturated rings. The summed E-state index contributed by atoms with van der Waals surface area (Å²) in [4.78, 5) is 22.9. The van der Waals surface area contributed by atoms with Crippen LogP contribution in [0.4, 0.5) is 10.5 Å². The number of aryl methyl sites for hydroxylation is 2. The topological polar surface area (TPSA) is 87.7 Å². The maximum atomic E-state index is 11.9. The number of nitrogens with one attached hydrogen (secondary N) is 2. The van der Waals surface area contributed by atoms with E-state index in [2.05, 4.69) is 10.6 Å². The fourth-order valence-corrected chi connectivity index (χ4v) is 1.81. The Hall–Kier alpha value is -2.08. The molecular formula is C14H20N2O4. The Morgan fingerprint density at radius 1 is 1.30 bits per heavy atom. The molecule has 110 valence electrons. The molecule has 0 bridgehead atoms. The molecule has 1 aromatic carbocycles. The van der Waals surface area contributed by atoms with Crippen molar-refractivity contribution < 1.29 is 19.4 Å². The number of carboxylic acid groups (broad SMARTS) is 1. The summed E-state index contributed by atoms with van der Waals surface area (Å²) in [5.74, 6) is -1.08. The average molecular weight is 280 g/mol. The van der Waals surface area contributed by atoms with Gasteiger partial charge in [0.05, 0.1) is 0 Å². The number of urea groups is 1. The van der Waals surface area contributed by atoms with Crippen molar-refractivity contribution in [2.75, 3.05) is 19.0 Å². The number of hydrogen-bond acceptors (Lipinski definition) is 3. The Labute approximate surface area is 118 Å². The van der Waals surface area contributed by atoms with Gasteiger partial charge in [0.1, 0.15) is 6.04 Å². The number of ether oxygens (including phenoxy) is 1. The Bertz CT molecular complexity index is 468. The number of methoxy groups -OCH3 is 1. The monoisotopic (exact) mass is 280 g/mol. The third kappa shape index (κ3) is 4.55. The van der Waals surface area contributed by atoms with Crippen LogP contribution in [0.3, 0.4) is 0 Å². The number of para-hydroxylation sites is 1. The third-order valence-corrected chi connectivity index (χ3v) is 2.93. The second kappa shape index (κ2) is 7.49. The van der Waals surface area contributed by atoms with Gasteiger partial charge < -0.3 is 20.5 Å². The molecule has 0 heterocycles. The van der Waals surface area contributed by atoms with E-state index in [-0.39, 0.29) is 13.0 Å². The molecule has 0 aliphatic rings. The van der Waals surface area contributed by atoms with Crippen LogP contribution in [0.1, 0.15) is 17.5 Å². The van der Waals surface area contributed by atoms with Crippen LogP contribution in [0, 0.1) is 13.8 Å². The number of benzene rings is 1. The fraction of sp³-hybridized carbons (Fsp3) is 0.429. The maximum Gasteiger partial charge on any atom is 0.326 e. The van der Waals surface area contributed by atoms with Gasteiger partial charge in [-0.1, -0.05) is 18.2 Å². The summed E-state index contributed by atoms with van der Waals surface area (Å²) in [5.41, 5.74) is 2.54. The van der Waals surface area contributed by atoms with Crippen molar-refractivity contribution in [2.45, 2.75) is 26.3 Å². The van der Waals surface area contributed by atoms with Crippen LogP contribution in [0.15, 0.2) is 18.2 Å². The molecule has 0 aromatic heterocycles. The Morgan fingerprint density at radius 3 is 2.40 bits per heavy atom. The number of carboxylic acids is 1. The van der Waals surface area contributed by atoms with E-state index in [1.165, 1.54) is 7.11 Å². The Morgan fingerprint density at radius 2 is 1.90 bits per heavy atom. The lowest BCUT2D eigenvalue weighted by Crippen LogP contribution is -2.43. The van der Waals surface area contributed by atoms with Gasteiger partial charge in [0.25, 0.3) is 0 Å². The van der Waals surface area contributed by atoms with Crippen LogP contribution in [0.25, 0.3) is 0 Å². The molecule has 0 aliphatic heterocycles. The zero-order chi connectivity index (χ0) is 15.1. The number of amides is 2. The highest BCUT2D eigenvalue weighted by Gasteiger charge is 2.20. The number of aliphatic carboxylic acids is 1. The van der Waals surface area contributed by atoms with Gasteiger partial charge in [-0.15, -0.1) is 0 Å². The van der Waals surface area contributed by atoms with Crippen LogP contribution in [-0.2, 0) is 9.53 Å². The second-order valence-electron chi connectivity index (χ2n) is 4.54. The summed E-state index contributed by atoms with van der Waals surface area (Å²) in [7, 11) is 1.48. The van der Waals surface area contributed by atoms with Gasteiger partial charge in [0, 0.05) is 25.8 Å². The SMILES string of the molecule is COCCC(NC(=O)Nc1c(C)cccc1C)C(=O)O. The molecule has 2 amide bonds. The van der Waals surface area contributed by atoms with Crippen molar-refractivity contribution in [1.82, 2.24) is 5.32 Å². The average Bonchev–Trinajstić information content (AvgIpc) is 2.38. The quantitative estimate of drug-likeness (QED) is 0.743. The number of hydrogen-bond donors (Lipinski definition) is 3. The van der Waals surface area contributed by atoms with Crippen molar-refractivity contribution in [3.05, 3.63) is 29.3 Å². The first-order valence-corrected chi connectivity index (χ1v) is 6.31. The molecule has 0 radical (unpaired) electrons. The van der Waals surface area contributed by atoms with Gasteiger partial charge in [-0.2, -0.15) is 0 Å². The summed E-state index contributed by atoms with van der Waals surface area (Å²) in [6.45, 7) is 4.02. The Kier molecular flexibility index (Phi) is 5.99. The lowest BCUT2D eigenvalue weighted by molar-refractivity contribution is -0.139. The molecule has 0 aliphatic carbocycles. The minimum atomic E-state index is -1.08. The van der Waals surface area contributed by atoms with Gasteiger partial charge in [-0.3, -0.25) is 0 Å². The Balaban J connectivity index is 2.68. The first-order chi connectivity index (χ1) is 9.45. The summed E-state index contributed by atoms with van der Waals surface area (Å²) in [6.07, 6.45) is 0.214. The molecule has 1 rings (SSSR count).